The van der Waals surface area contributed by atoms with Crippen LogP contribution in [0.3, 0.4) is 0 Å². The van der Waals surface area contributed by atoms with Gasteiger partial charge < -0.3 is 0 Å². The summed E-state index contributed by atoms with van der Waals surface area (Å²) in [6.07, 6.45) is 3.04. The van der Waals surface area contributed by atoms with E-state index in [9.17, 15) is 4.39 Å². The normalized spacial score (nSPS) is 19.5. The van der Waals surface area contributed by atoms with Crippen molar-refractivity contribution in [3.8, 4) is 0 Å². The summed E-state index contributed by atoms with van der Waals surface area (Å²) in [4.78, 5) is 0. The van der Waals surface area contributed by atoms with Crippen molar-refractivity contribution in [2.45, 2.75) is 26.2 Å². The smallest absolute Gasteiger partial charge is 0.127 e. The molecule has 0 radical (unpaired) electrons. The second kappa shape index (κ2) is 4.54. The van der Waals surface area contributed by atoms with Crippen LogP contribution in [0.2, 0.25) is 5.02 Å². The summed E-state index contributed by atoms with van der Waals surface area (Å²) in [7, 11) is 0. The predicted molar refractivity (Wildman–Crippen MR) is 66.7 cm³/mol. The third-order valence-electron chi connectivity index (χ3n) is 3.51. The summed E-state index contributed by atoms with van der Waals surface area (Å²) in [6.45, 7) is 2.13. The Kier molecular flexibility index (Phi) is 3.46. The number of rotatable bonds is 4. The molecule has 0 N–H and O–H groups in total. The second-order valence-electron chi connectivity index (χ2n) is 4.94. The average molecular weight is 261 g/mol. The van der Waals surface area contributed by atoms with Crippen molar-refractivity contribution in [1.82, 2.24) is 0 Å². The van der Waals surface area contributed by atoms with Crippen molar-refractivity contribution >= 4 is 23.2 Å². The molecule has 1 aromatic rings. The maximum atomic E-state index is 13.7. The molecule has 88 valence electrons. The van der Waals surface area contributed by atoms with Crippen LogP contribution in [0.15, 0.2) is 18.2 Å². The highest BCUT2D eigenvalue weighted by molar-refractivity contribution is 6.31. The SMILES string of the molecule is CC(CCl)(Cc1c(F)cccc1Cl)C1CC1. The summed E-state index contributed by atoms with van der Waals surface area (Å²) < 4.78 is 13.7. The molecule has 0 nitrogen and oxygen atoms in total. The number of alkyl halides is 1. The lowest BCUT2D eigenvalue weighted by atomic mass is 9.80. The largest absolute Gasteiger partial charge is 0.207 e. The van der Waals surface area contributed by atoms with Crippen LogP contribution in [-0.2, 0) is 6.42 Å². The van der Waals surface area contributed by atoms with E-state index in [1.165, 1.54) is 18.9 Å². The lowest BCUT2D eigenvalue weighted by Crippen LogP contribution is -2.25. The molecule has 1 unspecified atom stereocenters. The number of hydrogen-bond acceptors (Lipinski definition) is 0. The standard InChI is InChI=1S/C13H15Cl2F/c1-13(8-14,9-5-6-9)7-10-11(15)3-2-4-12(10)16/h2-4,9H,5-8H2,1H3. The van der Waals surface area contributed by atoms with E-state index in [-0.39, 0.29) is 11.2 Å². The predicted octanol–water partition coefficient (Wildman–Crippen LogP) is 4.68. The van der Waals surface area contributed by atoms with Crippen molar-refractivity contribution in [1.29, 1.82) is 0 Å². The van der Waals surface area contributed by atoms with E-state index < -0.39 is 0 Å². The average Bonchev–Trinajstić information content (AvgIpc) is 3.07. The molecular weight excluding hydrogens is 246 g/mol. The van der Waals surface area contributed by atoms with Gasteiger partial charge in [-0.15, -0.1) is 11.6 Å². The first-order chi connectivity index (χ1) is 7.57. The fourth-order valence-electron chi connectivity index (χ4n) is 2.19. The van der Waals surface area contributed by atoms with Crippen molar-refractivity contribution < 1.29 is 4.39 Å². The first-order valence-corrected chi connectivity index (χ1v) is 6.47. The van der Waals surface area contributed by atoms with Gasteiger partial charge >= 0.3 is 0 Å². The summed E-state index contributed by atoms with van der Waals surface area (Å²) >= 11 is 12.1. The highest BCUT2D eigenvalue weighted by Gasteiger charge is 2.41. The van der Waals surface area contributed by atoms with Gasteiger partial charge in [-0.3, -0.25) is 0 Å². The van der Waals surface area contributed by atoms with Gasteiger partial charge in [0.05, 0.1) is 0 Å². The quantitative estimate of drug-likeness (QED) is 0.690. The maximum absolute atomic E-state index is 13.7. The van der Waals surface area contributed by atoms with E-state index in [2.05, 4.69) is 6.92 Å². The van der Waals surface area contributed by atoms with Crippen LogP contribution in [0.25, 0.3) is 0 Å². The molecular formula is C13H15Cl2F. The first kappa shape index (κ1) is 12.2. The van der Waals surface area contributed by atoms with E-state index in [4.69, 9.17) is 23.2 Å². The molecule has 1 fully saturated rings. The molecule has 0 aliphatic heterocycles. The molecule has 0 bridgehead atoms. The molecule has 1 saturated carbocycles. The summed E-state index contributed by atoms with van der Waals surface area (Å²) in [5.74, 6) is 0.965. The van der Waals surface area contributed by atoms with Gasteiger partial charge in [0, 0.05) is 16.5 Å². The molecule has 0 aromatic heterocycles. The van der Waals surface area contributed by atoms with Crippen molar-refractivity contribution in [3.63, 3.8) is 0 Å². The summed E-state index contributed by atoms with van der Waals surface area (Å²) in [6, 6.07) is 4.83. The Bertz CT molecular complexity index is 367. The molecule has 1 aliphatic carbocycles. The van der Waals surface area contributed by atoms with Gasteiger partial charge in [-0.1, -0.05) is 24.6 Å². The van der Waals surface area contributed by atoms with E-state index in [1.807, 2.05) is 0 Å². The Labute approximate surface area is 106 Å². The zero-order chi connectivity index (χ0) is 11.8. The van der Waals surface area contributed by atoms with E-state index >= 15 is 0 Å². The Morgan fingerprint density at radius 3 is 2.62 bits per heavy atom. The molecule has 0 amide bonds. The number of halogens is 3. The van der Waals surface area contributed by atoms with Gasteiger partial charge in [0.15, 0.2) is 0 Å². The van der Waals surface area contributed by atoms with Gasteiger partial charge in [-0.05, 0) is 42.7 Å². The molecule has 1 aliphatic rings. The van der Waals surface area contributed by atoms with Crippen LogP contribution in [0.1, 0.15) is 25.3 Å². The molecule has 1 aromatic carbocycles. The van der Waals surface area contributed by atoms with Crippen LogP contribution in [-0.4, -0.2) is 5.88 Å². The minimum Gasteiger partial charge on any atom is -0.207 e. The van der Waals surface area contributed by atoms with E-state index in [0.717, 1.165) is 0 Å². The molecule has 3 heteroatoms. The van der Waals surface area contributed by atoms with Crippen LogP contribution >= 0.6 is 23.2 Å². The van der Waals surface area contributed by atoms with Crippen molar-refractivity contribution in [3.05, 3.63) is 34.6 Å². The fourth-order valence-corrected chi connectivity index (χ4v) is 2.73. The van der Waals surface area contributed by atoms with Gasteiger partial charge in [-0.2, -0.15) is 0 Å². The Hall–Kier alpha value is -0.270. The van der Waals surface area contributed by atoms with E-state index in [1.54, 1.807) is 12.1 Å². The molecule has 16 heavy (non-hydrogen) atoms. The molecule has 0 heterocycles. The molecule has 0 saturated heterocycles. The first-order valence-electron chi connectivity index (χ1n) is 5.56. The van der Waals surface area contributed by atoms with Gasteiger partial charge in [0.25, 0.3) is 0 Å². The van der Waals surface area contributed by atoms with Crippen LogP contribution in [0.5, 0.6) is 0 Å². The minimum absolute atomic E-state index is 0.0204. The van der Waals surface area contributed by atoms with Crippen molar-refractivity contribution in [2.75, 3.05) is 5.88 Å². The topological polar surface area (TPSA) is 0 Å². The van der Waals surface area contributed by atoms with Gasteiger partial charge in [0.2, 0.25) is 0 Å². The Morgan fingerprint density at radius 2 is 2.12 bits per heavy atom. The Balaban J connectivity index is 2.25. The fraction of sp³-hybridized carbons (Fsp3) is 0.538. The number of benzene rings is 1. The monoisotopic (exact) mass is 260 g/mol. The highest BCUT2D eigenvalue weighted by Crippen LogP contribution is 2.48. The summed E-state index contributed by atoms with van der Waals surface area (Å²) in [5.41, 5.74) is 0.590. The zero-order valence-electron chi connectivity index (χ0n) is 9.27. The summed E-state index contributed by atoms with van der Waals surface area (Å²) in [5, 5.41) is 0.511. The lowest BCUT2D eigenvalue weighted by Gasteiger charge is -2.27. The van der Waals surface area contributed by atoms with Gasteiger partial charge in [-0.25, -0.2) is 4.39 Å². The van der Waals surface area contributed by atoms with Crippen LogP contribution in [0, 0.1) is 17.2 Å². The maximum Gasteiger partial charge on any atom is 0.127 e. The molecule has 2 rings (SSSR count). The number of hydrogen-bond donors (Lipinski definition) is 0. The lowest BCUT2D eigenvalue weighted by molar-refractivity contribution is 0.309. The third kappa shape index (κ3) is 2.36. The Morgan fingerprint density at radius 1 is 1.44 bits per heavy atom. The zero-order valence-corrected chi connectivity index (χ0v) is 10.8. The van der Waals surface area contributed by atoms with Crippen LogP contribution < -0.4 is 0 Å². The van der Waals surface area contributed by atoms with Crippen LogP contribution in [0.4, 0.5) is 4.39 Å². The molecule has 0 spiro atoms. The van der Waals surface area contributed by atoms with E-state index in [0.29, 0.717) is 28.8 Å². The van der Waals surface area contributed by atoms with Crippen molar-refractivity contribution in [2.24, 2.45) is 11.3 Å². The van der Waals surface area contributed by atoms with Gasteiger partial charge in [0.1, 0.15) is 5.82 Å². The third-order valence-corrected chi connectivity index (χ3v) is 4.48. The molecule has 1 atom stereocenters. The highest BCUT2D eigenvalue weighted by atomic mass is 35.5. The minimum atomic E-state index is -0.218. The second-order valence-corrected chi connectivity index (χ2v) is 5.61.